The number of nitrogens with zero attached hydrogens (tertiary/aromatic N) is 2. The largest absolute Gasteiger partial charge is 0.409 e. The fraction of sp³-hybridized carbons (Fsp3) is 0.900. The Kier molecular flexibility index (Phi) is 5.42. The minimum atomic E-state index is 0.295. The summed E-state index contributed by atoms with van der Waals surface area (Å²) in [4.78, 5) is 2.47. The van der Waals surface area contributed by atoms with Crippen molar-refractivity contribution < 1.29 is 5.21 Å². The number of likely N-dealkylation sites (tertiary alicyclic amines) is 1. The number of hydrogen-bond donors (Lipinski definition) is 3. The second kappa shape index (κ2) is 6.63. The van der Waals surface area contributed by atoms with Crippen molar-refractivity contribution in [1.29, 1.82) is 0 Å². The molecule has 0 saturated carbocycles. The number of hydrogen-bond acceptors (Lipinski definition) is 4. The number of rotatable bonds is 6. The lowest BCUT2D eigenvalue weighted by atomic mass is 10.1. The monoisotopic (exact) mass is 214 g/mol. The average Bonchev–Trinajstić information content (AvgIpc) is 2.72. The first-order valence-electron chi connectivity index (χ1n) is 5.65. The molecule has 0 amide bonds. The molecule has 1 fully saturated rings. The van der Waals surface area contributed by atoms with Crippen molar-refractivity contribution in [2.24, 2.45) is 16.8 Å². The van der Waals surface area contributed by atoms with Gasteiger partial charge in [0.15, 0.2) is 0 Å². The molecule has 0 spiro atoms. The molecule has 15 heavy (non-hydrogen) atoms. The van der Waals surface area contributed by atoms with Crippen LogP contribution < -0.4 is 11.1 Å². The molecule has 1 saturated heterocycles. The molecule has 1 aliphatic heterocycles. The average molecular weight is 214 g/mol. The van der Waals surface area contributed by atoms with Crippen LogP contribution in [0.4, 0.5) is 0 Å². The molecule has 4 N–H and O–H groups in total. The van der Waals surface area contributed by atoms with E-state index >= 15 is 0 Å². The molecule has 1 heterocycles. The maximum atomic E-state index is 8.34. The predicted octanol–water partition coefficient (Wildman–Crippen LogP) is 0.0543. The first-order valence-corrected chi connectivity index (χ1v) is 5.65. The topological polar surface area (TPSA) is 73.9 Å². The Morgan fingerprint density at radius 2 is 2.47 bits per heavy atom. The van der Waals surface area contributed by atoms with Crippen molar-refractivity contribution in [3.63, 3.8) is 0 Å². The molecule has 0 aromatic heterocycles. The van der Waals surface area contributed by atoms with E-state index in [9.17, 15) is 0 Å². The smallest absolute Gasteiger partial charge is 0.140 e. The molecule has 1 aliphatic rings. The van der Waals surface area contributed by atoms with Gasteiger partial charge in [-0.15, -0.1) is 0 Å². The molecule has 0 aromatic rings. The van der Waals surface area contributed by atoms with Gasteiger partial charge in [-0.2, -0.15) is 0 Å². The van der Waals surface area contributed by atoms with Gasteiger partial charge in [0.1, 0.15) is 5.84 Å². The highest BCUT2D eigenvalue weighted by Crippen LogP contribution is 2.14. The summed E-state index contributed by atoms with van der Waals surface area (Å²) in [7, 11) is 0. The Balaban J connectivity index is 2.01. The highest BCUT2D eigenvalue weighted by Gasteiger charge is 2.20. The first-order chi connectivity index (χ1) is 7.26. The third-order valence-electron chi connectivity index (χ3n) is 2.94. The van der Waals surface area contributed by atoms with Gasteiger partial charge in [-0.3, -0.25) is 0 Å². The third kappa shape index (κ3) is 4.48. The van der Waals surface area contributed by atoms with Crippen LogP contribution in [0.2, 0.25) is 0 Å². The summed E-state index contributed by atoms with van der Waals surface area (Å²) in [6.07, 6.45) is 1.89. The number of oxime groups is 1. The highest BCUT2D eigenvalue weighted by molar-refractivity contribution is 5.79. The van der Waals surface area contributed by atoms with Crippen molar-refractivity contribution >= 4 is 5.84 Å². The van der Waals surface area contributed by atoms with Gasteiger partial charge in [-0.1, -0.05) is 12.1 Å². The number of nitrogens with one attached hydrogen (secondary N) is 1. The van der Waals surface area contributed by atoms with E-state index in [4.69, 9.17) is 10.9 Å². The minimum absolute atomic E-state index is 0.295. The summed E-state index contributed by atoms with van der Waals surface area (Å²) < 4.78 is 0. The molecule has 1 atom stereocenters. The van der Waals surface area contributed by atoms with Gasteiger partial charge in [0.2, 0.25) is 0 Å². The van der Waals surface area contributed by atoms with Gasteiger partial charge in [-0.05, 0) is 32.0 Å². The Hall–Kier alpha value is -0.810. The second-order valence-corrected chi connectivity index (χ2v) is 4.09. The van der Waals surface area contributed by atoms with Crippen LogP contribution in [0.3, 0.4) is 0 Å². The quantitative estimate of drug-likeness (QED) is 0.192. The van der Waals surface area contributed by atoms with Gasteiger partial charge < -0.3 is 21.2 Å². The van der Waals surface area contributed by atoms with Crippen LogP contribution in [-0.4, -0.2) is 48.7 Å². The molecular weight excluding hydrogens is 192 g/mol. The minimum Gasteiger partial charge on any atom is -0.409 e. The molecule has 1 rings (SSSR count). The van der Waals surface area contributed by atoms with Gasteiger partial charge in [0.25, 0.3) is 0 Å². The summed E-state index contributed by atoms with van der Waals surface area (Å²) in [5, 5.41) is 14.6. The van der Waals surface area contributed by atoms with Crippen LogP contribution >= 0.6 is 0 Å². The lowest BCUT2D eigenvalue weighted by Gasteiger charge is -2.13. The van der Waals surface area contributed by atoms with Crippen molar-refractivity contribution in [1.82, 2.24) is 10.2 Å². The van der Waals surface area contributed by atoms with Gasteiger partial charge >= 0.3 is 0 Å². The summed E-state index contributed by atoms with van der Waals surface area (Å²) in [5.74, 6) is 1.06. The van der Waals surface area contributed by atoms with Crippen LogP contribution in [0.25, 0.3) is 0 Å². The van der Waals surface area contributed by atoms with E-state index in [-0.39, 0.29) is 0 Å². The maximum Gasteiger partial charge on any atom is 0.140 e. The molecular formula is C10H22N4O. The molecule has 0 bridgehead atoms. The normalized spacial score (nSPS) is 23.5. The maximum absolute atomic E-state index is 8.34. The van der Waals surface area contributed by atoms with Crippen molar-refractivity contribution in [3.8, 4) is 0 Å². The van der Waals surface area contributed by atoms with Crippen molar-refractivity contribution in [2.75, 3.05) is 32.7 Å². The fourth-order valence-corrected chi connectivity index (χ4v) is 1.94. The zero-order valence-corrected chi connectivity index (χ0v) is 9.45. The third-order valence-corrected chi connectivity index (χ3v) is 2.94. The van der Waals surface area contributed by atoms with Crippen LogP contribution in [0.5, 0.6) is 0 Å². The van der Waals surface area contributed by atoms with E-state index < -0.39 is 0 Å². The molecule has 0 radical (unpaired) electrons. The Morgan fingerprint density at radius 3 is 3.07 bits per heavy atom. The van der Waals surface area contributed by atoms with E-state index in [0.29, 0.717) is 12.3 Å². The van der Waals surface area contributed by atoms with E-state index in [2.05, 4.69) is 22.3 Å². The summed E-state index contributed by atoms with van der Waals surface area (Å²) >= 11 is 0. The molecule has 1 unspecified atom stereocenters. The molecule has 88 valence electrons. The predicted molar refractivity (Wildman–Crippen MR) is 61.1 cm³/mol. The SMILES string of the molecule is CCN1CCC(CNCCC(N)=NO)C1. The van der Waals surface area contributed by atoms with Crippen molar-refractivity contribution in [2.45, 2.75) is 19.8 Å². The van der Waals surface area contributed by atoms with E-state index in [0.717, 1.165) is 25.6 Å². The zero-order valence-electron chi connectivity index (χ0n) is 9.45. The number of amidine groups is 1. The van der Waals surface area contributed by atoms with Crippen LogP contribution in [-0.2, 0) is 0 Å². The van der Waals surface area contributed by atoms with Crippen LogP contribution in [0, 0.1) is 5.92 Å². The molecule has 5 nitrogen and oxygen atoms in total. The number of nitrogens with two attached hydrogens (primary N) is 1. The van der Waals surface area contributed by atoms with Gasteiger partial charge in [0, 0.05) is 19.5 Å². The second-order valence-electron chi connectivity index (χ2n) is 4.09. The standard InChI is InChI=1S/C10H22N4O/c1-2-14-6-4-9(8-14)7-12-5-3-10(11)13-15/h9,12,15H,2-8H2,1H3,(H2,11,13). The van der Waals surface area contributed by atoms with E-state index in [1.54, 1.807) is 0 Å². The van der Waals surface area contributed by atoms with Gasteiger partial charge in [0.05, 0.1) is 0 Å². The Labute approximate surface area is 91.3 Å². The van der Waals surface area contributed by atoms with Crippen molar-refractivity contribution in [3.05, 3.63) is 0 Å². The molecule has 0 aliphatic carbocycles. The fourth-order valence-electron chi connectivity index (χ4n) is 1.94. The summed E-state index contributed by atoms with van der Waals surface area (Å²) in [6.45, 7) is 7.61. The Bertz CT molecular complexity index is 208. The van der Waals surface area contributed by atoms with Gasteiger partial charge in [-0.25, -0.2) is 0 Å². The van der Waals surface area contributed by atoms with E-state index in [1.807, 2.05) is 0 Å². The molecule has 0 aromatic carbocycles. The molecule has 5 heteroatoms. The highest BCUT2D eigenvalue weighted by atomic mass is 16.4. The summed E-state index contributed by atoms with van der Waals surface area (Å²) in [6, 6.07) is 0. The summed E-state index contributed by atoms with van der Waals surface area (Å²) in [5.41, 5.74) is 5.36. The Morgan fingerprint density at radius 1 is 1.67 bits per heavy atom. The van der Waals surface area contributed by atoms with E-state index in [1.165, 1.54) is 19.5 Å². The lowest BCUT2D eigenvalue weighted by Crippen LogP contribution is -2.29. The first kappa shape index (κ1) is 12.3. The van der Waals surface area contributed by atoms with Crippen LogP contribution in [0.15, 0.2) is 5.16 Å². The zero-order chi connectivity index (χ0) is 11.1. The lowest BCUT2D eigenvalue weighted by molar-refractivity contribution is 0.316. The van der Waals surface area contributed by atoms with Crippen LogP contribution in [0.1, 0.15) is 19.8 Å².